The van der Waals surface area contributed by atoms with Gasteiger partial charge in [0.05, 0.1) is 18.9 Å². The number of halogens is 2. The van der Waals surface area contributed by atoms with E-state index in [-0.39, 0.29) is 18.3 Å². The van der Waals surface area contributed by atoms with Crippen LogP contribution in [0.15, 0.2) is 24.3 Å². The summed E-state index contributed by atoms with van der Waals surface area (Å²) in [5.74, 6) is -0.676. The molecule has 0 spiro atoms. The molecule has 1 aromatic carbocycles. The topological polar surface area (TPSA) is 68.2 Å². The van der Waals surface area contributed by atoms with E-state index < -0.39 is 11.9 Å². The van der Waals surface area contributed by atoms with Crippen LogP contribution in [-0.2, 0) is 9.53 Å². The number of amides is 1. The maximum atomic E-state index is 14.4. The first-order chi connectivity index (χ1) is 11.0. The van der Waals surface area contributed by atoms with E-state index in [0.717, 1.165) is 11.4 Å². The van der Waals surface area contributed by atoms with Gasteiger partial charge >= 0.3 is 0 Å². The largest absolute Gasteiger partial charge is 0.378 e. The highest BCUT2D eigenvalue weighted by molar-refractivity contribution is 5.95. The lowest BCUT2D eigenvalue weighted by atomic mass is 10.2. The van der Waals surface area contributed by atoms with Crippen molar-refractivity contribution in [3.8, 4) is 5.69 Å². The fraction of sp³-hybridized carbons (Fsp3) is 0.375. The van der Waals surface area contributed by atoms with Gasteiger partial charge in [-0.2, -0.15) is 5.10 Å². The molecule has 130 valence electrons. The smallest absolute Gasteiger partial charge is 0.243 e. The standard InChI is InChI=1S/C16H19FN4O2.ClH/c1-10-7-11(2)21(20-10)15-4-3-12(8-13(15)17)19-16(22)14-9-23-6-5-18-14;/h3-4,7-8,14,18H,5-6,9H2,1-2H3,(H,19,22);1H. The highest BCUT2D eigenvalue weighted by Gasteiger charge is 2.21. The van der Waals surface area contributed by atoms with Crippen LogP contribution in [0.2, 0.25) is 0 Å². The van der Waals surface area contributed by atoms with Gasteiger partial charge in [0.25, 0.3) is 0 Å². The maximum absolute atomic E-state index is 14.4. The number of morpholine rings is 1. The summed E-state index contributed by atoms with van der Waals surface area (Å²) in [6.45, 7) is 5.26. The quantitative estimate of drug-likeness (QED) is 0.884. The van der Waals surface area contributed by atoms with Gasteiger partial charge in [-0.25, -0.2) is 9.07 Å². The summed E-state index contributed by atoms with van der Waals surface area (Å²) in [7, 11) is 0. The summed E-state index contributed by atoms with van der Waals surface area (Å²) in [5, 5.41) is 10.0. The third-order valence-electron chi connectivity index (χ3n) is 3.69. The molecule has 24 heavy (non-hydrogen) atoms. The number of nitrogens with one attached hydrogen (secondary N) is 2. The Hall–Kier alpha value is -1.96. The zero-order valence-corrected chi connectivity index (χ0v) is 14.3. The van der Waals surface area contributed by atoms with E-state index in [0.29, 0.717) is 31.1 Å². The number of aryl methyl sites for hydroxylation is 2. The van der Waals surface area contributed by atoms with Crippen LogP contribution in [-0.4, -0.2) is 41.5 Å². The van der Waals surface area contributed by atoms with Gasteiger partial charge in [0.15, 0.2) is 5.82 Å². The normalized spacial score (nSPS) is 17.2. The van der Waals surface area contributed by atoms with Crippen molar-refractivity contribution in [1.82, 2.24) is 15.1 Å². The van der Waals surface area contributed by atoms with Crippen LogP contribution in [0.4, 0.5) is 10.1 Å². The molecule has 1 unspecified atom stereocenters. The number of rotatable bonds is 3. The minimum absolute atomic E-state index is 0. The SMILES string of the molecule is Cc1cc(C)n(-c2ccc(NC(=O)C3COCCN3)cc2F)n1.Cl. The molecule has 0 radical (unpaired) electrons. The lowest BCUT2D eigenvalue weighted by Crippen LogP contribution is -2.48. The van der Waals surface area contributed by atoms with Gasteiger partial charge in [0.1, 0.15) is 11.7 Å². The molecule has 8 heteroatoms. The Kier molecular flexibility index (Phi) is 5.93. The summed E-state index contributed by atoms with van der Waals surface area (Å²) >= 11 is 0. The van der Waals surface area contributed by atoms with Crippen molar-refractivity contribution in [3.63, 3.8) is 0 Å². The molecule has 1 atom stereocenters. The van der Waals surface area contributed by atoms with Gasteiger partial charge < -0.3 is 15.4 Å². The lowest BCUT2D eigenvalue weighted by molar-refractivity contribution is -0.120. The van der Waals surface area contributed by atoms with Crippen LogP contribution in [0.3, 0.4) is 0 Å². The fourth-order valence-electron chi connectivity index (χ4n) is 2.59. The average molecular weight is 355 g/mol. The molecule has 0 saturated carbocycles. The second-order valence-corrected chi connectivity index (χ2v) is 5.58. The van der Waals surface area contributed by atoms with Crippen LogP contribution in [0.5, 0.6) is 0 Å². The Morgan fingerprint density at radius 3 is 2.79 bits per heavy atom. The van der Waals surface area contributed by atoms with Crippen molar-refractivity contribution < 1.29 is 13.9 Å². The van der Waals surface area contributed by atoms with Gasteiger partial charge in [0.2, 0.25) is 5.91 Å². The third-order valence-corrected chi connectivity index (χ3v) is 3.69. The number of carbonyl (C=O) groups is 1. The predicted octanol–water partition coefficient (Wildman–Crippen LogP) is 1.98. The van der Waals surface area contributed by atoms with Crippen molar-refractivity contribution in [2.24, 2.45) is 0 Å². The Morgan fingerprint density at radius 1 is 1.42 bits per heavy atom. The zero-order chi connectivity index (χ0) is 16.4. The molecule has 1 saturated heterocycles. The molecule has 3 rings (SSSR count). The first kappa shape index (κ1) is 18.4. The zero-order valence-electron chi connectivity index (χ0n) is 13.5. The van der Waals surface area contributed by atoms with Crippen LogP contribution < -0.4 is 10.6 Å². The molecule has 1 amide bonds. The molecule has 0 aliphatic carbocycles. The van der Waals surface area contributed by atoms with Crippen LogP contribution >= 0.6 is 12.4 Å². The minimum Gasteiger partial charge on any atom is -0.378 e. The van der Waals surface area contributed by atoms with Gasteiger partial charge in [-0.3, -0.25) is 4.79 Å². The first-order valence-corrected chi connectivity index (χ1v) is 7.50. The summed E-state index contributed by atoms with van der Waals surface area (Å²) in [4.78, 5) is 12.1. The fourth-order valence-corrected chi connectivity index (χ4v) is 2.59. The highest BCUT2D eigenvalue weighted by atomic mass is 35.5. The van der Waals surface area contributed by atoms with E-state index in [4.69, 9.17) is 4.74 Å². The molecular weight excluding hydrogens is 335 g/mol. The summed E-state index contributed by atoms with van der Waals surface area (Å²) in [6, 6.07) is 6.03. The molecular formula is C16H20ClFN4O2. The number of carbonyl (C=O) groups excluding carboxylic acids is 1. The Morgan fingerprint density at radius 2 is 2.21 bits per heavy atom. The maximum Gasteiger partial charge on any atom is 0.243 e. The van der Waals surface area contributed by atoms with Crippen molar-refractivity contribution in [2.75, 3.05) is 25.1 Å². The second kappa shape index (κ2) is 7.74. The van der Waals surface area contributed by atoms with Gasteiger partial charge in [-0.15, -0.1) is 12.4 Å². The van der Waals surface area contributed by atoms with Crippen molar-refractivity contribution in [1.29, 1.82) is 0 Å². The second-order valence-electron chi connectivity index (χ2n) is 5.58. The van der Waals surface area contributed by atoms with E-state index >= 15 is 0 Å². The molecule has 1 aromatic heterocycles. The summed E-state index contributed by atoms with van der Waals surface area (Å²) < 4.78 is 21.2. The first-order valence-electron chi connectivity index (χ1n) is 7.50. The minimum atomic E-state index is -0.443. The van der Waals surface area contributed by atoms with Crippen LogP contribution in [0.25, 0.3) is 5.69 Å². The van der Waals surface area contributed by atoms with Crippen LogP contribution in [0, 0.1) is 19.7 Å². The molecule has 2 aromatic rings. The van der Waals surface area contributed by atoms with E-state index in [2.05, 4.69) is 15.7 Å². The van der Waals surface area contributed by atoms with Gasteiger partial charge in [0, 0.05) is 17.9 Å². The number of hydrogen-bond acceptors (Lipinski definition) is 4. The number of aromatic nitrogens is 2. The Bertz CT molecular complexity index is 729. The van der Waals surface area contributed by atoms with Gasteiger partial charge in [-0.1, -0.05) is 0 Å². The highest BCUT2D eigenvalue weighted by Crippen LogP contribution is 2.20. The molecule has 1 aliphatic heterocycles. The number of ether oxygens (including phenoxy) is 1. The molecule has 2 heterocycles. The van der Waals surface area contributed by atoms with E-state index in [1.807, 2.05) is 19.9 Å². The summed E-state index contributed by atoms with van der Waals surface area (Å²) in [5.41, 5.74) is 2.43. The molecule has 1 fully saturated rings. The number of anilines is 1. The van der Waals surface area contributed by atoms with E-state index in [9.17, 15) is 9.18 Å². The molecule has 1 aliphatic rings. The van der Waals surface area contributed by atoms with Crippen molar-refractivity contribution >= 4 is 24.0 Å². The predicted molar refractivity (Wildman–Crippen MR) is 91.5 cm³/mol. The Labute approximate surface area is 145 Å². The van der Waals surface area contributed by atoms with E-state index in [1.54, 1.807) is 16.8 Å². The van der Waals surface area contributed by atoms with Crippen LogP contribution in [0.1, 0.15) is 11.4 Å². The molecule has 6 nitrogen and oxygen atoms in total. The van der Waals surface area contributed by atoms with Crippen molar-refractivity contribution in [2.45, 2.75) is 19.9 Å². The molecule has 2 N–H and O–H groups in total. The number of hydrogen-bond donors (Lipinski definition) is 2. The Balaban J connectivity index is 0.00000208. The number of benzene rings is 1. The monoisotopic (exact) mass is 354 g/mol. The molecule has 0 bridgehead atoms. The van der Waals surface area contributed by atoms with Crippen molar-refractivity contribution in [3.05, 3.63) is 41.5 Å². The van der Waals surface area contributed by atoms with Gasteiger partial charge in [-0.05, 0) is 38.1 Å². The average Bonchev–Trinajstić information content (AvgIpc) is 2.87. The summed E-state index contributed by atoms with van der Waals surface area (Å²) in [6.07, 6.45) is 0. The lowest BCUT2D eigenvalue weighted by Gasteiger charge is -2.23. The third kappa shape index (κ3) is 3.92. The number of nitrogens with zero attached hydrogens (tertiary/aromatic N) is 2. The van der Waals surface area contributed by atoms with E-state index in [1.165, 1.54) is 6.07 Å².